The molecule has 0 aromatic heterocycles. The number of hydrogen-bond donors (Lipinski definition) is 2. The zero-order valence-corrected chi connectivity index (χ0v) is 15.5. The third-order valence-corrected chi connectivity index (χ3v) is 3.93. The lowest BCUT2D eigenvalue weighted by molar-refractivity contribution is -0.127. The molecule has 2 N–H and O–H groups in total. The van der Waals surface area contributed by atoms with Crippen molar-refractivity contribution in [1.29, 1.82) is 0 Å². The van der Waals surface area contributed by atoms with Gasteiger partial charge in [0.05, 0.1) is 6.54 Å². The SMILES string of the molecule is Cc1ccc(C(C)C)c(OCC(=O)NCC(=O)NCc2ccccc2)c1. The minimum atomic E-state index is -0.323. The van der Waals surface area contributed by atoms with Crippen LogP contribution in [0.2, 0.25) is 0 Å². The Hall–Kier alpha value is -2.82. The van der Waals surface area contributed by atoms with Crippen molar-refractivity contribution in [2.75, 3.05) is 13.2 Å². The molecule has 0 unspecified atom stereocenters. The van der Waals surface area contributed by atoms with E-state index in [4.69, 9.17) is 4.74 Å². The zero-order chi connectivity index (χ0) is 18.9. The Morgan fingerprint density at radius 3 is 2.42 bits per heavy atom. The molecule has 0 radical (unpaired) electrons. The summed E-state index contributed by atoms with van der Waals surface area (Å²) in [5.74, 6) is 0.456. The van der Waals surface area contributed by atoms with Crippen LogP contribution in [0.4, 0.5) is 0 Å². The van der Waals surface area contributed by atoms with E-state index in [1.807, 2.05) is 55.5 Å². The smallest absolute Gasteiger partial charge is 0.258 e. The average Bonchev–Trinajstić information content (AvgIpc) is 2.63. The zero-order valence-electron chi connectivity index (χ0n) is 15.5. The predicted octanol–water partition coefficient (Wildman–Crippen LogP) is 2.93. The Morgan fingerprint density at radius 1 is 1.00 bits per heavy atom. The van der Waals surface area contributed by atoms with Crippen LogP contribution in [-0.4, -0.2) is 25.0 Å². The summed E-state index contributed by atoms with van der Waals surface area (Å²) >= 11 is 0. The molecule has 26 heavy (non-hydrogen) atoms. The molecular weight excluding hydrogens is 328 g/mol. The first kappa shape index (κ1) is 19.5. The van der Waals surface area contributed by atoms with Crippen LogP contribution in [0.5, 0.6) is 5.75 Å². The highest BCUT2D eigenvalue weighted by Crippen LogP contribution is 2.27. The fourth-order valence-corrected chi connectivity index (χ4v) is 2.48. The fourth-order valence-electron chi connectivity index (χ4n) is 2.48. The van der Waals surface area contributed by atoms with Gasteiger partial charge in [-0.15, -0.1) is 0 Å². The largest absolute Gasteiger partial charge is 0.483 e. The summed E-state index contributed by atoms with van der Waals surface area (Å²) in [7, 11) is 0. The summed E-state index contributed by atoms with van der Waals surface area (Å²) in [6, 6.07) is 15.6. The molecule has 0 atom stereocenters. The summed E-state index contributed by atoms with van der Waals surface area (Å²) in [6.45, 7) is 6.39. The standard InChI is InChI=1S/C21H26N2O3/c1-15(2)18-10-9-16(3)11-19(18)26-14-21(25)23-13-20(24)22-12-17-7-5-4-6-8-17/h4-11,15H,12-14H2,1-3H3,(H,22,24)(H,23,25). The second kappa shape index (κ2) is 9.61. The molecule has 5 nitrogen and oxygen atoms in total. The molecule has 138 valence electrons. The molecule has 0 aliphatic rings. The number of rotatable bonds is 8. The van der Waals surface area contributed by atoms with Crippen molar-refractivity contribution in [3.63, 3.8) is 0 Å². The highest BCUT2D eigenvalue weighted by Gasteiger charge is 2.11. The van der Waals surface area contributed by atoms with Gasteiger partial charge in [-0.3, -0.25) is 9.59 Å². The first-order valence-corrected chi connectivity index (χ1v) is 8.76. The van der Waals surface area contributed by atoms with Crippen LogP contribution in [0.15, 0.2) is 48.5 Å². The summed E-state index contributed by atoms with van der Waals surface area (Å²) < 4.78 is 5.66. The van der Waals surface area contributed by atoms with Gasteiger partial charge in [0, 0.05) is 6.54 Å². The number of carbonyl (C=O) groups excluding carboxylic acids is 2. The Morgan fingerprint density at radius 2 is 1.73 bits per heavy atom. The van der Waals surface area contributed by atoms with Crippen molar-refractivity contribution in [1.82, 2.24) is 10.6 Å². The number of hydrogen-bond acceptors (Lipinski definition) is 3. The van der Waals surface area contributed by atoms with E-state index in [-0.39, 0.29) is 25.0 Å². The minimum absolute atomic E-state index is 0.0696. The molecule has 0 aliphatic carbocycles. The van der Waals surface area contributed by atoms with Gasteiger partial charge < -0.3 is 15.4 Å². The van der Waals surface area contributed by atoms with Crippen LogP contribution in [0.25, 0.3) is 0 Å². The quantitative estimate of drug-likeness (QED) is 0.766. The number of nitrogens with one attached hydrogen (secondary N) is 2. The van der Waals surface area contributed by atoms with Gasteiger partial charge in [-0.1, -0.05) is 56.3 Å². The lowest BCUT2D eigenvalue weighted by Crippen LogP contribution is -2.38. The van der Waals surface area contributed by atoms with Crippen LogP contribution in [0.3, 0.4) is 0 Å². The molecule has 0 saturated carbocycles. The predicted molar refractivity (Wildman–Crippen MR) is 102 cm³/mol. The third kappa shape index (κ3) is 6.24. The lowest BCUT2D eigenvalue weighted by atomic mass is 10.0. The van der Waals surface area contributed by atoms with Crippen molar-refractivity contribution in [3.8, 4) is 5.75 Å². The summed E-state index contributed by atoms with van der Waals surface area (Å²) in [5.41, 5.74) is 3.14. The summed E-state index contributed by atoms with van der Waals surface area (Å²) in [6.07, 6.45) is 0. The van der Waals surface area contributed by atoms with Crippen LogP contribution >= 0.6 is 0 Å². The van der Waals surface area contributed by atoms with E-state index in [0.717, 1.165) is 16.7 Å². The molecule has 0 bridgehead atoms. The number of carbonyl (C=O) groups is 2. The van der Waals surface area contributed by atoms with Gasteiger partial charge in [0.1, 0.15) is 5.75 Å². The van der Waals surface area contributed by atoms with E-state index in [1.54, 1.807) is 0 Å². The Labute approximate surface area is 154 Å². The van der Waals surface area contributed by atoms with Crippen molar-refractivity contribution in [3.05, 3.63) is 65.2 Å². The van der Waals surface area contributed by atoms with Crippen LogP contribution in [0, 0.1) is 6.92 Å². The van der Waals surface area contributed by atoms with Crippen molar-refractivity contribution >= 4 is 11.8 Å². The molecule has 0 fully saturated rings. The van der Waals surface area contributed by atoms with E-state index in [9.17, 15) is 9.59 Å². The van der Waals surface area contributed by atoms with E-state index in [1.165, 1.54) is 0 Å². The molecular formula is C21H26N2O3. The van der Waals surface area contributed by atoms with Gasteiger partial charge in [0.15, 0.2) is 6.61 Å². The number of ether oxygens (including phenoxy) is 1. The van der Waals surface area contributed by atoms with Gasteiger partial charge in [-0.05, 0) is 35.6 Å². The number of benzene rings is 2. The van der Waals surface area contributed by atoms with Gasteiger partial charge in [0.25, 0.3) is 5.91 Å². The molecule has 0 spiro atoms. The second-order valence-corrected chi connectivity index (χ2v) is 6.52. The molecule has 2 amide bonds. The van der Waals surface area contributed by atoms with Crippen molar-refractivity contribution in [2.24, 2.45) is 0 Å². The van der Waals surface area contributed by atoms with Crippen molar-refractivity contribution in [2.45, 2.75) is 33.2 Å². The molecule has 5 heteroatoms. The van der Waals surface area contributed by atoms with Gasteiger partial charge in [-0.2, -0.15) is 0 Å². The maximum absolute atomic E-state index is 11.9. The molecule has 0 aliphatic heterocycles. The van der Waals surface area contributed by atoms with Crippen molar-refractivity contribution < 1.29 is 14.3 Å². The summed E-state index contributed by atoms with van der Waals surface area (Å²) in [4.78, 5) is 23.8. The van der Waals surface area contributed by atoms with Crippen LogP contribution < -0.4 is 15.4 Å². The van der Waals surface area contributed by atoms with E-state index in [2.05, 4.69) is 24.5 Å². The fraction of sp³-hybridized carbons (Fsp3) is 0.333. The van der Waals surface area contributed by atoms with E-state index < -0.39 is 0 Å². The Bertz CT molecular complexity index is 742. The Balaban J connectivity index is 1.75. The van der Waals surface area contributed by atoms with Crippen LogP contribution in [-0.2, 0) is 16.1 Å². The maximum Gasteiger partial charge on any atom is 0.258 e. The highest BCUT2D eigenvalue weighted by molar-refractivity contribution is 5.85. The molecule has 2 aromatic rings. The number of amides is 2. The van der Waals surface area contributed by atoms with Gasteiger partial charge in [0.2, 0.25) is 5.91 Å². The average molecular weight is 354 g/mol. The highest BCUT2D eigenvalue weighted by atomic mass is 16.5. The van der Waals surface area contributed by atoms with E-state index >= 15 is 0 Å². The Kier molecular flexibility index (Phi) is 7.21. The van der Waals surface area contributed by atoms with Gasteiger partial charge >= 0.3 is 0 Å². The second-order valence-electron chi connectivity index (χ2n) is 6.52. The lowest BCUT2D eigenvalue weighted by Gasteiger charge is -2.14. The molecule has 2 rings (SSSR count). The number of aryl methyl sites for hydroxylation is 1. The first-order valence-electron chi connectivity index (χ1n) is 8.76. The minimum Gasteiger partial charge on any atom is -0.483 e. The normalized spacial score (nSPS) is 10.5. The van der Waals surface area contributed by atoms with E-state index in [0.29, 0.717) is 18.2 Å². The third-order valence-electron chi connectivity index (χ3n) is 3.93. The van der Waals surface area contributed by atoms with Crippen LogP contribution in [0.1, 0.15) is 36.5 Å². The van der Waals surface area contributed by atoms with Gasteiger partial charge in [-0.25, -0.2) is 0 Å². The molecule has 0 saturated heterocycles. The molecule has 0 heterocycles. The first-order chi connectivity index (χ1) is 12.5. The summed E-state index contributed by atoms with van der Waals surface area (Å²) in [5, 5.41) is 5.34. The monoisotopic (exact) mass is 354 g/mol. The maximum atomic E-state index is 11.9. The molecule has 2 aromatic carbocycles. The topological polar surface area (TPSA) is 67.4 Å².